The molecular weight excluding hydrogens is 330 g/mol. The van der Waals surface area contributed by atoms with E-state index >= 15 is 0 Å². The van der Waals surface area contributed by atoms with Crippen molar-refractivity contribution < 1.29 is 14.1 Å². The van der Waals surface area contributed by atoms with E-state index in [4.69, 9.17) is 9.26 Å². The van der Waals surface area contributed by atoms with Crippen molar-refractivity contribution in [2.45, 2.75) is 17.6 Å². The van der Waals surface area contributed by atoms with Crippen LogP contribution in [0.4, 0.5) is 0 Å². The number of nitrogens with zero attached hydrogens (tertiary/aromatic N) is 1. The summed E-state index contributed by atoms with van der Waals surface area (Å²) < 4.78 is 11.0. The molecule has 0 unspecified atom stereocenters. The smallest absolute Gasteiger partial charge is 0.360 e. The largest absolute Gasteiger partial charge is 0.461 e. The van der Waals surface area contributed by atoms with Crippen molar-refractivity contribution in [2.75, 3.05) is 6.61 Å². The predicted molar refractivity (Wildman–Crippen MR) is 76.2 cm³/mol. The van der Waals surface area contributed by atoms with Crippen LogP contribution in [0.3, 0.4) is 0 Å². The fourth-order valence-corrected chi connectivity index (χ4v) is 2.77. The lowest BCUT2D eigenvalue weighted by molar-refractivity contribution is 0.0514. The number of ether oxygens (including phenoxy) is 1. The first-order valence-electron chi connectivity index (χ1n) is 5.70. The highest BCUT2D eigenvalue weighted by atomic mass is 79.9. The molecule has 0 aliphatic rings. The molecule has 1 heterocycles. The molecule has 0 atom stereocenters. The van der Waals surface area contributed by atoms with Gasteiger partial charge in [-0.15, -0.1) is 11.8 Å². The van der Waals surface area contributed by atoms with E-state index < -0.39 is 5.97 Å². The van der Waals surface area contributed by atoms with Crippen LogP contribution in [0.15, 0.2) is 44.2 Å². The highest BCUT2D eigenvalue weighted by Gasteiger charge is 2.13. The van der Waals surface area contributed by atoms with Gasteiger partial charge in [0.1, 0.15) is 5.76 Å². The Labute approximate surface area is 123 Å². The summed E-state index contributed by atoms with van der Waals surface area (Å²) in [6, 6.07) is 9.59. The van der Waals surface area contributed by atoms with Crippen molar-refractivity contribution in [1.29, 1.82) is 0 Å². The number of thioether (sulfide) groups is 1. The van der Waals surface area contributed by atoms with Gasteiger partial charge in [0.2, 0.25) is 0 Å². The number of esters is 1. The Kier molecular flexibility index (Phi) is 5.04. The number of carbonyl (C=O) groups is 1. The lowest BCUT2D eigenvalue weighted by atomic mass is 10.4. The van der Waals surface area contributed by atoms with Crippen LogP contribution in [-0.2, 0) is 10.5 Å². The van der Waals surface area contributed by atoms with E-state index in [2.05, 4.69) is 21.1 Å². The number of hydrogen-bond donors (Lipinski definition) is 0. The van der Waals surface area contributed by atoms with Gasteiger partial charge in [0.05, 0.1) is 12.4 Å². The SMILES string of the molecule is CCOC(=O)c1cc(CSc2cccc(Br)c2)on1. The van der Waals surface area contributed by atoms with E-state index in [1.54, 1.807) is 24.8 Å². The highest BCUT2D eigenvalue weighted by Crippen LogP contribution is 2.25. The van der Waals surface area contributed by atoms with Gasteiger partial charge in [-0.1, -0.05) is 27.2 Å². The second kappa shape index (κ2) is 6.77. The first-order chi connectivity index (χ1) is 9.19. The Balaban J connectivity index is 1.95. The minimum Gasteiger partial charge on any atom is -0.461 e. The zero-order valence-electron chi connectivity index (χ0n) is 10.3. The molecule has 0 spiro atoms. The molecule has 1 aromatic heterocycles. The average molecular weight is 342 g/mol. The summed E-state index contributed by atoms with van der Waals surface area (Å²) in [7, 11) is 0. The van der Waals surface area contributed by atoms with E-state index in [0.717, 1.165) is 9.37 Å². The molecule has 0 radical (unpaired) electrons. The Hall–Kier alpha value is -1.27. The molecule has 1 aromatic carbocycles. The molecule has 4 nitrogen and oxygen atoms in total. The molecule has 2 aromatic rings. The summed E-state index contributed by atoms with van der Waals surface area (Å²) in [6.07, 6.45) is 0. The number of aromatic nitrogens is 1. The van der Waals surface area contributed by atoms with Gasteiger partial charge in [-0.2, -0.15) is 0 Å². The molecule has 0 aliphatic carbocycles. The highest BCUT2D eigenvalue weighted by molar-refractivity contribution is 9.10. The van der Waals surface area contributed by atoms with Crippen LogP contribution < -0.4 is 0 Å². The monoisotopic (exact) mass is 341 g/mol. The Morgan fingerprint density at radius 2 is 2.32 bits per heavy atom. The number of halogens is 1. The standard InChI is InChI=1S/C13H12BrNO3S/c1-2-17-13(16)12-7-10(18-15-12)8-19-11-5-3-4-9(14)6-11/h3-7H,2,8H2,1H3. The fraction of sp³-hybridized carbons (Fsp3) is 0.231. The van der Waals surface area contributed by atoms with E-state index in [0.29, 0.717) is 18.1 Å². The molecule has 0 bridgehead atoms. The predicted octanol–water partition coefficient (Wildman–Crippen LogP) is 3.91. The van der Waals surface area contributed by atoms with Crippen molar-refractivity contribution >= 4 is 33.7 Å². The summed E-state index contributed by atoms with van der Waals surface area (Å²) in [6.45, 7) is 2.08. The number of rotatable bonds is 5. The number of benzene rings is 1. The lowest BCUT2D eigenvalue weighted by Crippen LogP contribution is -2.04. The molecule has 0 saturated heterocycles. The maximum absolute atomic E-state index is 11.4. The minimum atomic E-state index is -0.454. The van der Waals surface area contributed by atoms with Gasteiger partial charge in [0, 0.05) is 15.4 Å². The molecule has 19 heavy (non-hydrogen) atoms. The van der Waals surface area contributed by atoms with Crippen LogP contribution in [0.1, 0.15) is 23.2 Å². The average Bonchev–Trinajstić information content (AvgIpc) is 2.86. The van der Waals surface area contributed by atoms with Crippen LogP contribution in [0.5, 0.6) is 0 Å². The molecule has 0 fully saturated rings. The normalized spacial score (nSPS) is 10.4. The third kappa shape index (κ3) is 4.11. The van der Waals surface area contributed by atoms with Gasteiger partial charge in [-0.25, -0.2) is 4.79 Å². The molecule has 100 valence electrons. The van der Waals surface area contributed by atoms with Crippen LogP contribution >= 0.6 is 27.7 Å². The Morgan fingerprint density at radius 1 is 1.47 bits per heavy atom. The number of hydrogen-bond acceptors (Lipinski definition) is 5. The molecule has 2 rings (SSSR count). The zero-order valence-corrected chi connectivity index (χ0v) is 12.7. The third-order valence-electron chi connectivity index (χ3n) is 2.22. The third-order valence-corrected chi connectivity index (χ3v) is 3.73. The molecule has 6 heteroatoms. The van der Waals surface area contributed by atoms with Gasteiger partial charge in [0.15, 0.2) is 5.69 Å². The molecule has 0 N–H and O–H groups in total. The molecular formula is C13H12BrNO3S. The quantitative estimate of drug-likeness (QED) is 0.609. The van der Waals surface area contributed by atoms with Crippen LogP contribution in [-0.4, -0.2) is 17.7 Å². The van der Waals surface area contributed by atoms with Crippen molar-refractivity contribution in [1.82, 2.24) is 5.16 Å². The summed E-state index contributed by atoms with van der Waals surface area (Å²) in [5, 5.41) is 3.69. The van der Waals surface area contributed by atoms with Crippen molar-refractivity contribution in [3.05, 3.63) is 46.3 Å². The first kappa shape index (κ1) is 14.1. The van der Waals surface area contributed by atoms with Crippen LogP contribution in [0, 0.1) is 0 Å². The Bertz CT molecular complexity index is 571. The lowest BCUT2D eigenvalue weighted by Gasteiger charge is -1.98. The number of carbonyl (C=O) groups excluding carboxylic acids is 1. The molecule has 0 aliphatic heterocycles. The summed E-state index contributed by atoms with van der Waals surface area (Å²) in [5.74, 6) is 0.807. The maximum atomic E-state index is 11.4. The summed E-state index contributed by atoms with van der Waals surface area (Å²) in [5.41, 5.74) is 0.215. The van der Waals surface area contributed by atoms with Crippen LogP contribution in [0.25, 0.3) is 0 Å². The summed E-state index contributed by atoms with van der Waals surface area (Å²) >= 11 is 5.03. The van der Waals surface area contributed by atoms with Crippen molar-refractivity contribution in [3.63, 3.8) is 0 Å². The minimum absolute atomic E-state index is 0.215. The van der Waals surface area contributed by atoms with Crippen LogP contribution in [0.2, 0.25) is 0 Å². The zero-order chi connectivity index (χ0) is 13.7. The van der Waals surface area contributed by atoms with Gasteiger partial charge in [-0.05, 0) is 25.1 Å². The first-order valence-corrected chi connectivity index (χ1v) is 7.48. The Morgan fingerprint density at radius 3 is 3.05 bits per heavy atom. The van der Waals surface area contributed by atoms with Crippen molar-refractivity contribution in [3.8, 4) is 0 Å². The fourth-order valence-electron chi connectivity index (χ4n) is 1.39. The van der Waals surface area contributed by atoms with E-state index in [1.165, 1.54) is 0 Å². The van der Waals surface area contributed by atoms with E-state index in [9.17, 15) is 4.79 Å². The molecule has 0 amide bonds. The maximum Gasteiger partial charge on any atom is 0.360 e. The second-order valence-corrected chi connectivity index (χ2v) is 5.61. The van der Waals surface area contributed by atoms with Gasteiger partial charge >= 0.3 is 5.97 Å². The van der Waals surface area contributed by atoms with E-state index in [-0.39, 0.29) is 5.69 Å². The summed E-state index contributed by atoms with van der Waals surface area (Å²) in [4.78, 5) is 12.5. The van der Waals surface area contributed by atoms with Gasteiger partial charge in [0.25, 0.3) is 0 Å². The van der Waals surface area contributed by atoms with Gasteiger partial charge in [-0.3, -0.25) is 0 Å². The van der Waals surface area contributed by atoms with Crippen molar-refractivity contribution in [2.24, 2.45) is 0 Å². The molecule has 0 saturated carbocycles. The van der Waals surface area contributed by atoms with E-state index in [1.807, 2.05) is 24.3 Å². The second-order valence-electron chi connectivity index (χ2n) is 3.64. The van der Waals surface area contributed by atoms with Gasteiger partial charge < -0.3 is 9.26 Å². The topological polar surface area (TPSA) is 52.3 Å².